The van der Waals surface area contributed by atoms with E-state index in [2.05, 4.69) is 40.3 Å². The third-order valence-electron chi connectivity index (χ3n) is 4.66. The van der Waals surface area contributed by atoms with Gasteiger partial charge in [0.2, 0.25) is 0 Å². The predicted molar refractivity (Wildman–Crippen MR) is 127 cm³/mol. The molecule has 0 fully saturated rings. The fourth-order valence-electron chi connectivity index (χ4n) is 3.05. The fraction of sp³-hybridized carbons (Fsp3) is 0.0345. The van der Waals surface area contributed by atoms with Gasteiger partial charge in [-0.1, -0.05) is 54.6 Å². The average Bonchev–Trinajstić information content (AvgIpc) is 2.90. The Bertz CT molecular complexity index is 1300. The molecule has 0 unspecified atom stereocenters. The molecule has 2 nitrogen and oxygen atoms in total. The van der Waals surface area contributed by atoms with Gasteiger partial charge in [-0.25, -0.2) is 4.39 Å². The minimum atomic E-state index is -2.17. The average molecular weight is 612 g/mol. The van der Waals surface area contributed by atoms with E-state index in [1.165, 1.54) is 36.0 Å². The first-order valence-corrected chi connectivity index (χ1v) is 10.0. The molecule has 3 aromatic carbocycles. The second kappa shape index (κ2) is 12.0. The maximum absolute atomic E-state index is 13.0. The topological polar surface area (TPSA) is 25.8 Å². The Kier molecular flexibility index (Phi) is 7.31. The minimum Gasteiger partial charge on any atom is -0.304 e. The van der Waals surface area contributed by atoms with Crippen LogP contribution in [0.4, 0.5) is 4.39 Å². The first-order valence-electron chi connectivity index (χ1n) is 11.5. The first kappa shape index (κ1) is 20.2. The number of nitrogens with zero attached hydrogens (tertiary/aromatic N) is 2. The van der Waals surface area contributed by atoms with Gasteiger partial charge in [0.15, 0.2) is 0 Å². The molecule has 4 heteroatoms. The summed E-state index contributed by atoms with van der Waals surface area (Å²) in [4.78, 5) is 8.49. The molecule has 0 bridgehead atoms. The van der Waals surface area contributed by atoms with Gasteiger partial charge in [-0.05, 0) is 34.9 Å². The molecule has 0 aliphatic rings. The molecule has 2 heterocycles. The van der Waals surface area contributed by atoms with Crippen molar-refractivity contribution in [3.8, 4) is 33.6 Å². The molecule has 5 aromatic rings. The maximum Gasteiger partial charge on any atom is 0.0418 e. The third kappa shape index (κ3) is 6.76. The molecule has 1 radical (unpaired) electrons. The number of rotatable bonds is 3. The summed E-state index contributed by atoms with van der Waals surface area (Å²) in [7, 11) is 0. The van der Waals surface area contributed by atoms with Crippen LogP contribution in [-0.2, 0) is 20.1 Å². The van der Waals surface area contributed by atoms with E-state index in [0.29, 0.717) is 11.3 Å². The quantitative estimate of drug-likeness (QED) is 0.202. The molecule has 0 N–H and O–H groups in total. The number of hydrogen-bond acceptors (Lipinski definition) is 2. The van der Waals surface area contributed by atoms with Crippen LogP contribution in [0.25, 0.3) is 33.6 Å². The summed E-state index contributed by atoms with van der Waals surface area (Å²) in [6, 6.07) is 35.4. The summed E-state index contributed by atoms with van der Waals surface area (Å²) in [6.07, 6.45) is 3.19. The van der Waals surface area contributed by atoms with E-state index in [0.717, 1.165) is 16.8 Å². The van der Waals surface area contributed by atoms with Crippen molar-refractivity contribution < 1.29 is 28.6 Å². The second-order valence-corrected chi connectivity index (χ2v) is 6.93. The van der Waals surface area contributed by atoms with Crippen molar-refractivity contribution in [3.05, 3.63) is 133 Å². The van der Waals surface area contributed by atoms with Crippen LogP contribution in [0.5, 0.6) is 0 Å². The van der Waals surface area contributed by atoms with Gasteiger partial charge in [0.1, 0.15) is 0 Å². The fourth-order valence-corrected chi connectivity index (χ4v) is 3.05. The van der Waals surface area contributed by atoms with Crippen LogP contribution < -0.4 is 0 Å². The third-order valence-corrected chi connectivity index (χ3v) is 4.66. The molecule has 0 saturated heterocycles. The van der Waals surface area contributed by atoms with E-state index in [1.54, 1.807) is 6.07 Å². The van der Waals surface area contributed by atoms with Gasteiger partial charge in [0.25, 0.3) is 0 Å². The van der Waals surface area contributed by atoms with Crippen molar-refractivity contribution in [2.24, 2.45) is 0 Å². The standard InChI is InChI=1S/C17H12N.C12H9FN.Ir/c1-3-7-14(8-4-1)16-11-12-17(18-13-16)15-9-5-2-6-10-15;1-9-5-6-12(14-8-9)10-3-2-4-11(13)7-10;/h1-9,11-13H;2,4-8H,1H3;/q2*-1;/i;1D3;. The Labute approximate surface area is 211 Å². The largest absolute Gasteiger partial charge is 0.304 e. The van der Waals surface area contributed by atoms with Crippen LogP contribution in [0, 0.1) is 24.8 Å². The second-order valence-electron chi connectivity index (χ2n) is 6.93. The Morgan fingerprint density at radius 3 is 2.06 bits per heavy atom. The molecule has 0 spiro atoms. The number of benzene rings is 3. The molecule has 0 aliphatic heterocycles. The summed E-state index contributed by atoms with van der Waals surface area (Å²) in [6.45, 7) is -2.17. The van der Waals surface area contributed by atoms with Crippen LogP contribution in [0.2, 0.25) is 0 Å². The van der Waals surface area contributed by atoms with Crippen molar-refractivity contribution in [1.82, 2.24) is 9.97 Å². The number of pyridine rings is 2. The summed E-state index contributed by atoms with van der Waals surface area (Å²) in [5.41, 5.74) is 5.47. The van der Waals surface area contributed by atoms with E-state index < -0.39 is 6.85 Å². The van der Waals surface area contributed by atoms with Gasteiger partial charge in [-0.15, -0.1) is 65.7 Å². The van der Waals surface area contributed by atoms with E-state index in [4.69, 9.17) is 4.11 Å². The van der Waals surface area contributed by atoms with Crippen LogP contribution >= 0.6 is 0 Å². The molecule has 0 atom stereocenters. The van der Waals surface area contributed by atoms with E-state index in [-0.39, 0.29) is 31.5 Å². The van der Waals surface area contributed by atoms with E-state index in [9.17, 15) is 4.39 Å². The van der Waals surface area contributed by atoms with Crippen molar-refractivity contribution in [3.63, 3.8) is 0 Å². The van der Waals surface area contributed by atoms with Crippen LogP contribution in [-0.4, -0.2) is 9.97 Å². The van der Waals surface area contributed by atoms with Gasteiger partial charge >= 0.3 is 0 Å². The van der Waals surface area contributed by atoms with Gasteiger partial charge in [-0.3, -0.25) is 0 Å². The van der Waals surface area contributed by atoms with Crippen molar-refractivity contribution in [1.29, 1.82) is 0 Å². The van der Waals surface area contributed by atoms with Gasteiger partial charge in [0.05, 0.1) is 0 Å². The zero-order valence-electron chi connectivity index (χ0n) is 20.5. The van der Waals surface area contributed by atoms with Crippen molar-refractivity contribution in [2.45, 2.75) is 6.85 Å². The van der Waals surface area contributed by atoms with Crippen molar-refractivity contribution in [2.75, 3.05) is 0 Å². The Morgan fingerprint density at radius 1 is 0.697 bits per heavy atom. The normalized spacial score (nSPS) is 11.6. The summed E-state index contributed by atoms with van der Waals surface area (Å²) >= 11 is 0. The van der Waals surface area contributed by atoms with E-state index >= 15 is 0 Å². The van der Waals surface area contributed by atoms with E-state index in [1.807, 2.05) is 54.7 Å². The van der Waals surface area contributed by atoms with Gasteiger partial charge in [0, 0.05) is 42.4 Å². The van der Waals surface area contributed by atoms with Gasteiger partial charge in [-0.2, -0.15) is 0 Å². The van der Waals surface area contributed by atoms with Crippen LogP contribution in [0.1, 0.15) is 9.68 Å². The Hall–Kier alpha value is -3.46. The Balaban J connectivity index is 0.000000196. The van der Waals surface area contributed by atoms with Crippen molar-refractivity contribution >= 4 is 0 Å². The SMILES string of the molecule is [2H]C([2H])([2H])c1ccc(-c2[c-]ccc(F)c2)nc1.[Ir].[c-]1ccccc1-c1ccc(-c2ccccc2)cn1. The summed E-state index contributed by atoms with van der Waals surface area (Å²) < 4.78 is 34.6. The molecule has 0 aliphatic carbocycles. The summed E-state index contributed by atoms with van der Waals surface area (Å²) in [5, 5.41) is 0. The monoisotopic (exact) mass is 612 g/mol. The van der Waals surface area contributed by atoms with Crippen LogP contribution in [0.15, 0.2) is 109 Å². The Morgan fingerprint density at radius 2 is 1.42 bits per heavy atom. The molecule has 33 heavy (non-hydrogen) atoms. The number of halogens is 1. The molecule has 2 aromatic heterocycles. The predicted octanol–water partition coefficient (Wildman–Crippen LogP) is 7.21. The molecule has 5 rings (SSSR count). The minimum absolute atomic E-state index is 0. The maximum atomic E-state index is 13.0. The first-order chi connectivity index (χ1) is 16.9. The molecule has 165 valence electrons. The molecular formula is C29H21FIrN2-2. The van der Waals surface area contributed by atoms with Crippen LogP contribution in [0.3, 0.4) is 0 Å². The zero-order chi connectivity index (χ0) is 24.7. The smallest absolute Gasteiger partial charge is 0.0418 e. The summed E-state index contributed by atoms with van der Waals surface area (Å²) in [5.74, 6) is -0.375. The molecule has 0 amide bonds. The number of hydrogen-bond donors (Lipinski definition) is 0. The van der Waals surface area contributed by atoms with Gasteiger partial charge < -0.3 is 9.97 Å². The number of aryl methyl sites for hydroxylation is 1. The molecular weight excluding hydrogens is 588 g/mol. The molecule has 0 saturated carbocycles. The zero-order valence-corrected chi connectivity index (χ0v) is 19.9. The number of aromatic nitrogens is 2.